The molecule has 1 aromatic rings. The molecule has 0 unspecified atom stereocenters. The zero-order valence-electron chi connectivity index (χ0n) is 8.21. The lowest BCUT2D eigenvalue weighted by molar-refractivity contribution is -0.121. The topological polar surface area (TPSA) is 52.9 Å². The highest BCUT2D eigenvalue weighted by molar-refractivity contribution is 6.07. The van der Waals surface area contributed by atoms with E-state index in [0.717, 1.165) is 5.56 Å². The van der Waals surface area contributed by atoms with Crippen LogP contribution in [0.15, 0.2) is 35.0 Å². The van der Waals surface area contributed by atoms with Crippen molar-refractivity contribution < 1.29 is 9.90 Å². The van der Waals surface area contributed by atoms with Gasteiger partial charge in [-0.15, -0.1) is 0 Å². The van der Waals surface area contributed by atoms with Crippen molar-refractivity contribution in [2.45, 2.75) is 0 Å². The summed E-state index contributed by atoms with van der Waals surface area (Å²) in [7, 11) is 1.66. The molecule has 0 saturated heterocycles. The third-order valence-electron chi connectivity index (χ3n) is 2.11. The molecule has 1 heterocycles. The fraction of sp³-hybridized carbons (Fsp3) is 0.0909. The van der Waals surface area contributed by atoms with E-state index < -0.39 is 0 Å². The van der Waals surface area contributed by atoms with Crippen LogP contribution in [0.3, 0.4) is 0 Å². The first-order valence-electron chi connectivity index (χ1n) is 4.49. The summed E-state index contributed by atoms with van der Waals surface area (Å²) in [5.41, 5.74) is 1.24. The quantitative estimate of drug-likeness (QED) is 0.696. The van der Waals surface area contributed by atoms with Crippen LogP contribution in [0.1, 0.15) is 5.56 Å². The minimum Gasteiger partial charge on any atom is -0.508 e. The van der Waals surface area contributed by atoms with Crippen molar-refractivity contribution in [3.63, 3.8) is 0 Å². The van der Waals surface area contributed by atoms with E-state index in [-0.39, 0.29) is 11.7 Å². The van der Waals surface area contributed by atoms with E-state index in [2.05, 4.69) is 4.99 Å². The molecular weight excluding hydrogens is 192 g/mol. The molecule has 1 amide bonds. The van der Waals surface area contributed by atoms with E-state index in [4.69, 9.17) is 5.11 Å². The van der Waals surface area contributed by atoms with E-state index in [1.165, 1.54) is 11.2 Å². The Morgan fingerprint density at radius 2 is 2.00 bits per heavy atom. The molecule has 0 saturated carbocycles. The maximum Gasteiger partial charge on any atom is 0.277 e. The van der Waals surface area contributed by atoms with Crippen molar-refractivity contribution in [1.29, 1.82) is 0 Å². The number of carbonyl (C=O) groups excluding carboxylic acids is 1. The van der Waals surface area contributed by atoms with E-state index in [0.29, 0.717) is 5.70 Å². The largest absolute Gasteiger partial charge is 0.508 e. The van der Waals surface area contributed by atoms with E-state index in [1.54, 1.807) is 37.4 Å². The van der Waals surface area contributed by atoms with Gasteiger partial charge in [-0.1, -0.05) is 12.1 Å². The Morgan fingerprint density at radius 3 is 2.53 bits per heavy atom. The second-order valence-corrected chi connectivity index (χ2v) is 3.28. The molecule has 0 aromatic heterocycles. The van der Waals surface area contributed by atoms with Crippen molar-refractivity contribution in [3.8, 4) is 5.75 Å². The van der Waals surface area contributed by atoms with Crippen molar-refractivity contribution in [2.75, 3.05) is 7.05 Å². The summed E-state index contributed by atoms with van der Waals surface area (Å²) in [6, 6.07) is 6.59. The first kappa shape index (κ1) is 9.45. The van der Waals surface area contributed by atoms with Crippen LogP contribution < -0.4 is 0 Å². The number of carbonyl (C=O) groups is 1. The Morgan fingerprint density at radius 1 is 1.33 bits per heavy atom. The van der Waals surface area contributed by atoms with Gasteiger partial charge in [-0.2, -0.15) is 0 Å². The highest BCUT2D eigenvalue weighted by Gasteiger charge is 2.17. The zero-order valence-corrected chi connectivity index (χ0v) is 8.21. The second-order valence-electron chi connectivity index (χ2n) is 3.28. The average molecular weight is 202 g/mol. The fourth-order valence-corrected chi connectivity index (χ4v) is 1.26. The van der Waals surface area contributed by atoms with Crippen LogP contribution >= 0.6 is 0 Å². The van der Waals surface area contributed by atoms with Crippen LogP contribution in [0.4, 0.5) is 0 Å². The number of hydrogen-bond acceptors (Lipinski definition) is 3. The summed E-state index contributed by atoms with van der Waals surface area (Å²) in [5.74, 6) is 0.0820. The molecule has 0 atom stereocenters. The monoisotopic (exact) mass is 202 g/mol. The molecule has 1 N–H and O–H groups in total. The molecule has 1 aromatic carbocycles. The predicted molar refractivity (Wildman–Crippen MR) is 57.3 cm³/mol. The van der Waals surface area contributed by atoms with E-state index >= 15 is 0 Å². The van der Waals surface area contributed by atoms with Gasteiger partial charge >= 0.3 is 0 Å². The zero-order chi connectivity index (χ0) is 10.8. The number of benzene rings is 1. The molecule has 0 radical (unpaired) electrons. The smallest absolute Gasteiger partial charge is 0.277 e. The molecule has 0 fully saturated rings. The summed E-state index contributed by atoms with van der Waals surface area (Å²) in [6.45, 7) is 0. The van der Waals surface area contributed by atoms with Gasteiger partial charge in [0.1, 0.15) is 11.4 Å². The first-order chi connectivity index (χ1) is 7.16. The number of likely N-dealkylation sites (N-methyl/N-ethyl adjacent to an activating group) is 1. The number of hydrogen-bond donors (Lipinski definition) is 1. The average Bonchev–Trinajstić information content (AvgIpc) is 2.53. The van der Waals surface area contributed by atoms with Crippen LogP contribution in [0.25, 0.3) is 6.08 Å². The third-order valence-corrected chi connectivity index (χ3v) is 2.11. The summed E-state index contributed by atoms with van der Waals surface area (Å²) in [5, 5.41) is 9.09. The minimum absolute atomic E-state index is 0.122. The SMILES string of the molecule is CN1C=N/C(=C/c2ccc(O)cc2)C1=O. The number of nitrogens with zero attached hydrogens (tertiary/aromatic N) is 2. The molecule has 76 valence electrons. The Balaban J connectivity index is 2.28. The Labute approximate surface area is 87.2 Å². The number of phenolic OH excluding ortho intramolecular Hbond substituents is 1. The maximum atomic E-state index is 11.5. The van der Waals surface area contributed by atoms with Gasteiger partial charge in [0.25, 0.3) is 5.91 Å². The molecule has 4 nitrogen and oxygen atoms in total. The fourth-order valence-electron chi connectivity index (χ4n) is 1.26. The third kappa shape index (κ3) is 1.88. The van der Waals surface area contributed by atoms with Crippen LogP contribution in [0.2, 0.25) is 0 Å². The van der Waals surface area contributed by atoms with Crippen LogP contribution in [-0.4, -0.2) is 29.3 Å². The standard InChI is InChI=1S/C11H10N2O2/c1-13-7-12-10(11(13)15)6-8-2-4-9(14)5-3-8/h2-7,14H,1H3/b10-6+. The molecule has 0 spiro atoms. The maximum absolute atomic E-state index is 11.5. The normalized spacial score (nSPS) is 17.8. The number of amides is 1. The molecule has 2 rings (SSSR count). The van der Waals surface area contributed by atoms with Gasteiger partial charge in [-0.3, -0.25) is 4.79 Å². The summed E-state index contributed by atoms with van der Waals surface area (Å²) < 4.78 is 0. The van der Waals surface area contributed by atoms with Gasteiger partial charge in [0, 0.05) is 7.05 Å². The number of rotatable bonds is 1. The highest BCUT2D eigenvalue weighted by Crippen LogP contribution is 2.16. The number of phenols is 1. The first-order valence-corrected chi connectivity index (χ1v) is 4.49. The van der Waals surface area contributed by atoms with E-state index in [9.17, 15) is 4.79 Å². The molecular formula is C11H10N2O2. The lowest BCUT2D eigenvalue weighted by Gasteiger charge is -2.01. The van der Waals surface area contributed by atoms with Crippen molar-refractivity contribution in [2.24, 2.45) is 4.99 Å². The van der Waals surface area contributed by atoms with Gasteiger partial charge in [0.05, 0.1) is 6.34 Å². The second kappa shape index (κ2) is 3.57. The lowest BCUT2D eigenvalue weighted by atomic mass is 10.2. The van der Waals surface area contributed by atoms with Gasteiger partial charge in [0.2, 0.25) is 0 Å². The van der Waals surface area contributed by atoms with Crippen LogP contribution in [0, 0.1) is 0 Å². The number of aromatic hydroxyl groups is 1. The lowest BCUT2D eigenvalue weighted by Crippen LogP contribution is -2.19. The summed E-state index contributed by atoms with van der Waals surface area (Å²) >= 11 is 0. The molecule has 0 bridgehead atoms. The summed E-state index contributed by atoms with van der Waals surface area (Å²) in [6.07, 6.45) is 3.16. The van der Waals surface area contributed by atoms with Crippen molar-refractivity contribution >= 4 is 18.3 Å². The molecule has 15 heavy (non-hydrogen) atoms. The van der Waals surface area contributed by atoms with Gasteiger partial charge in [-0.25, -0.2) is 4.99 Å². The Kier molecular flexibility index (Phi) is 2.25. The van der Waals surface area contributed by atoms with Crippen molar-refractivity contribution in [1.82, 2.24) is 4.90 Å². The predicted octanol–water partition coefficient (Wildman–Crippen LogP) is 1.23. The summed E-state index contributed by atoms with van der Waals surface area (Å²) in [4.78, 5) is 16.8. The number of aliphatic imine (C=N–C) groups is 1. The van der Waals surface area contributed by atoms with Crippen LogP contribution in [0.5, 0.6) is 5.75 Å². The van der Waals surface area contributed by atoms with Gasteiger partial charge in [0.15, 0.2) is 0 Å². The molecule has 1 aliphatic heterocycles. The van der Waals surface area contributed by atoms with Gasteiger partial charge < -0.3 is 10.0 Å². The van der Waals surface area contributed by atoms with Crippen molar-refractivity contribution in [3.05, 3.63) is 35.5 Å². The Bertz CT molecular complexity index is 446. The minimum atomic E-state index is -0.122. The molecule has 0 aliphatic carbocycles. The molecule has 1 aliphatic rings. The van der Waals surface area contributed by atoms with Crippen LogP contribution in [-0.2, 0) is 4.79 Å². The Hall–Kier alpha value is -2.10. The van der Waals surface area contributed by atoms with Gasteiger partial charge in [-0.05, 0) is 23.8 Å². The highest BCUT2D eigenvalue weighted by atomic mass is 16.3. The molecule has 4 heteroatoms. The van der Waals surface area contributed by atoms with E-state index in [1.807, 2.05) is 0 Å².